The second-order valence-electron chi connectivity index (χ2n) is 5.27. The molecule has 1 aromatic carbocycles. The maximum absolute atomic E-state index is 13.3. The summed E-state index contributed by atoms with van der Waals surface area (Å²) in [5.74, 6) is -1.98. The molecule has 2 rings (SSSR count). The Hall–Kier alpha value is -2.28. The molecule has 0 saturated heterocycles. The zero-order valence-electron chi connectivity index (χ0n) is 13.6. The number of carbonyl (C=O) groups excluding carboxylic acids is 2. The maximum atomic E-state index is 13.3. The molecule has 0 atom stereocenters. The summed E-state index contributed by atoms with van der Waals surface area (Å²) in [6, 6.07) is 3.51. The van der Waals surface area contributed by atoms with Crippen LogP contribution in [0.2, 0.25) is 0 Å². The predicted octanol–water partition coefficient (Wildman–Crippen LogP) is 2.92. The van der Waals surface area contributed by atoms with E-state index >= 15 is 0 Å². The van der Waals surface area contributed by atoms with E-state index in [1.807, 2.05) is 12.3 Å². The highest BCUT2D eigenvalue weighted by Gasteiger charge is 2.20. The van der Waals surface area contributed by atoms with Gasteiger partial charge in [-0.3, -0.25) is 9.59 Å². The van der Waals surface area contributed by atoms with Gasteiger partial charge in [0.25, 0.3) is 11.7 Å². The highest BCUT2D eigenvalue weighted by molar-refractivity contribution is 7.09. The van der Waals surface area contributed by atoms with Gasteiger partial charge in [-0.15, -0.1) is 11.3 Å². The number of Topliss-reactive ketones (excluding diaryl/α,β-unsaturated/α-hetero) is 1. The van der Waals surface area contributed by atoms with Crippen LogP contribution in [-0.4, -0.2) is 30.3 Å². The molecule has 0 aliphatic heterocycles. The lowest BCUT2D eigenvalue weighted by molar-refractivity contribution is -0.117. The number of ether oxygens (including phenoxy) is 1. The van der Waals surface area contributed by atoms with E-state index in [4.69, 9.17) is 4.74 Å². The van der Waals surface area contributed by atoms with Crippen LogP contribution in [0.4, 0.5) is 4.39 Å². The van der Waals surface area contributed by atoms with Crippen molar-refractivity contribution in [2.24, 2.45) is 0 Å². The molecule has 0 aliphatic carbocycles. The zero-order chi connectivity index (χ0) is 17.5. The van der Waals surface area contributed by atoms with Crippen molar-refractivity contribution in [1.82, 2.24) is 10.3 Å². The third-order valence-corrected chi connectivity index (χ3v) is 4.41. The van der Waals surface area contributed by atoms with E-state index in [1.165, 1.54) is 19.2 Å². The number of amides is 1. The molecule has 1 N–H and O–H groups in total. The number of nitrogens with zero attached hydrogens (tertiary/aromatic N) is 1. The Morgan fingerprint density at radius 2 is 2.12 bits per heavy atom. The van der Waals surface area contributed by atoms with Crippen molar-refractivity contribution in [2.45, 2.75) is 26.2 Å². The SMILES string of the molecule is COc1ccc(F)cc1C(=O)C(=O)NCCCCc1nc(C)cs1. The fourth-order valence-electron chi connectivity index (χ4n) is 2.18. The highest BCUT2D eigenvalue weighted by Crippen LogP contribution is 2.19. The van der Waals surface area contributed by atoms with Gasteiger partial charge in [-0.1, -0.05) is 0 Å². The molecular formula is C17H19FN2O3S. The summed E-state index contributed by atoms with van der Waals surface area (Å²) >= 11 is 1.62. The molecule has 2 aromatic rings. The number of thiazole rings is 1. The largest absolute Gasteiger partial charge is 0.496 e. The summed E-state index contributed by atoms with van der Waals surface area (Å²) in [5.41, 5.74) is 0.936. The molecule has 0 radical (unpaired) electrons. The molecule has 0 aliphatic rings. The fraction of sp³-hybridized carbons (Fsp3) is 0.353. The molecular weight excluding hydrogens is 331 g/mol. The van der Waals surface area contributed by atoms with Gasteiger partial charge in [0.05, 0.1) is 17.7 Å². The van der Waals surface area contributed by atoms with Crippen LogP contribution in [0.1, 0.15) is 33.9 Å². The molecule has 7 heteroatoms. The van der Waals surface area contributed by atoms with Gasteiger partial charge >= 0.3 is 0 Å². The molecule has 0 fully saturated rings. The van der Waals surface area contributed by atoms with Gasteiger partial charge in [0, 0.05) is 17.6 Å². The maximum Gasteiger partial charge on any atom is 0.292 e. The molecule has 24 heavy (non-hydrogen) atoms. The molecule has 5 nitrogen and oxygen atoms in total. The summed E-state index contributed by atoms with van der Waals surface area (Å²) in [4.78, 5) is 28.4. The normalized spacial score (nSPS) is 10.5. The minimum atomic E-state index is -0.804. The summed E-state index contributed by atoms with van der Waals surface area (Å²) in [6.07, 6.45) is 2.45. The van der Waals surface area contributed by atoms with Crippen LogP contribution in [0.15, 0.2) is 23.6 Å². The first kappa shape index (κ1) is 18.1. The number of hydrogen-bond donors (Lipinski definition) is 1. The first-order valence-corrected chi connectivity index (χ1v) is 8.46. The van der Waals surface area contributed by atoms with E-state index < -0.39 is 17.5 Å². The minimum Gasteiger partial charge on any atom is -0.496 e. The molecule has 1 heterocycles. The number of nitrogens with one attached hydrogen (secondary N) is 1. The number of aromatic nitrogens is 1. The molecule has 0 bridgehead atoms. The van der Waals surface area contributed by atoms with E-state index in [-0.39, 0.29) is 11.3 Å². The van der Waals surface area contributed by atoms with Crippen molar-refractivity contribution < 1.29 is 18.7 Å². The highest BCUT2D eigenvalue weighted by atomic mass is 32.1. The lowest BCUT2D eigenvalue weighted by Gasteiger charge is -2.08. The van der Waals surface area contributed by atoms with Crippen LogP contribution < -0.4 is 10.1 Å². The van der Waals surface area contributed by atoms with Gasteiger partial charge in [-0.2, -0.15) is 0 Å². The Morgan fingerprint density at radius 1 is 1.33 bits per heavy atom. The first-order chi connectivity index (χ1) is 11.5. The van der Waals surface area contributed by atoms with E-state index in [2.05, 4.69) is 10.3 Å². The van der Waals surface area contributed by atoms with Crippen molar-refractivity contribution in [3.05, 3.63) is 45.7 Å². The van der Waals surface area contributed by atoms with Gasteiger partial charge < -0.3 is 10.1 Å². The molecule has 0 spiro atoms. The number of unbranched alkanes of at least 4 members (excludes halogenated alkanes) is 1. The van der Waals surface area contributed by atoms with E-state index in [1.54, 1.807) is 11.3 Å². The van der Waals surface area contributed by atoms with Gasteiger partial charge in [0.15, 0.2) is 0 Å². The molecule has 1 aromatic heterocycles. The van der Waals surface area contributed by atoms with Crippen LogP contribution in [-0.2, 0) is 11.2 Å². The van der Waals surface area contributed by atoms with Crippen LogP contribution in [0, 0.1) is 12.7 Å². The Labute approximate surface area is 143 Å². The van der Waals surface area contributed by atoms with Crippen molar-refractivity contribution in [3.8, 4) is 5.75 Å². The Morgan fingerprint density at radius 3 is 2.79 bits per heavy atom. The quantitative estimate of drug-likeness (QED) is 0.451. The fourth-order valence-corrected chi connectivity index (χ4v) is 3.00. The topological polar surface area (TPSA) is 68.3 Å². The molecule has 0 saturated carbocycles. The van der Waals surface area contributed by atoms with Crippen LogP contribution in [0.3, 0.4) is 0 Å². The summed E-state index contributed by atoms with van der Waals surface area (Å²) in [6.45, 7) is 2.33. The van der Waals surface area contributed by atoms with Gasteiger partial charge in [0.1, 0.15) is 11.6 Å². The third-order valence-electron chi connectivity index (χ3n) is 3.38. The van der Waals surface area contributed by atoms with E-state index in [0.717, 1.165) is 36.0 Å². The number of benzene rings is 1. The van der Waals surface area contributed by atoms with E-state index in [9.17, 15) is 14.0 Å². The monoisotopic (exact) mass is 350 g/mol. The number of carbonyl (C=O) groups is 2. The molecule has 0 unspecified atom stereocenters. The van der Waals surface area contributed by atoms with Crippen LogP contribution in [0.5, 0.6) is 5.75 Å². The van der Waals surface area contributed by atoms with Crippen molar-refractivity contribution in [1.29, 1.82) is 0 Å². The second kappa shape index (κ2) is 8.54. The number of halogens is 1. The van der Waals surface area contributed by atoms with Crippen LogP contribution in [0.25, 0.3) is 0 Å². The summed E-state index contributed by atoms with van der Waals surface area (Å²) in [7, 11) is 1.36. The number of hydrogen-bond acceptors (Lipinski definition) is 5. The average Bonchev–Trinajstić information content (AvgIpc) is 2.99. The molecule has 128 valence electrons. The van der Waals surface area contributed by atoms with Crippen LogP contribution >= 0.6 is 11.3 Å². The zero-order valence-corrected chi connectivity index (χ0v) is 14.4. The van der Waals surface area contributed by atoms with E-state index in [0.29, 0.717) is 6.54 Å². The number of aryl methyl sites for hydroxylation is 2. The third kappa shape index (κ3) is 4.86. The number of methoxy groups -OCH3 is 1. The number of ketones is 1. The Kier molecular flexibility index (Phi) is 6.43. The summed E-state index contributed by atoms with van der Waals surface area (Å²) in [5, 5.41) is 5.63. The van der Waals surface area contributed by atoms with Crippen molar-refractivity contribution in [3.63, 3.8) is 0 Å². The van der Waals surface area contributed by atoms with Gasteiger partial charge in [-0.25, -0.2) is 9.37 Å². The average molecular weight is 350 g/mol. The Balaban J connectivity index is 1.80. The van der Waals surface area contributed by atoms with Crippen molar-refractivity contribution in [2.75, 3.05) is 13.7 Å². The summed E-state index contributed by atoms with van der Waals surface area (Å²) < 4.78 is 18.3. The molecule has 1 amide bonds. The smallest absolute Gasteiger partial charge is 0.292 e. The first-order valence-electron chi connectivity index (χ1n) is 7.58. The van der Waals surface area contributed by atoms with Gasteiger partial charge in [0.2, 0.25) is 0 Å². The van der Waals surface area contributed by atoms with Crippen molar-refractivity contribution >= 4 is 23.0 Å². The number of rotatable bonds is 8. The lowest BCUT2D eigenvalue weighted by Crippen LogP contribution is -2.32. The minimum absolute atomic E-state index is 0.0757. The predicted molar refractivity (Wildman–Crippen MR) is 90.1 cm³/mol. The standard InChI is InChI=1S/C17H19FN2O3S/c1-11-10-24-15(20-11)5-3-4-8-19-17(22)16(21)13-9-12(18)6-7-14(13)23-2/h6-7,9-10H,3-5,8H2,1-2H3,(H,19,22). The lowest BCUT2D eigenvalue weighted by atomic mass is 10.1. The van der Waals surface area contributed by atoms with Gasteiger partial charge in [-0.05, 0) is 44.4 Å². The second-order valence-corrected chi connectivity index (χ2v) is 6.21. The Bertz CT molecular complexity index is 730.